The van der Waals surface area contributed by atoms with Gasteiger partial charge in [-0.2, -0.15) is 5.26 Å². The molecule has 6 heteroatoms. The number of allylic oxidation sites excluding steroid dienone is 4. The molecule has 0 spiro atoms. The van der Waals surface area contributed by atoms with E-state index in [-0.39, 0.29) is 12.4 Å². The molecular weight excluding hydrogens is 286 g/mol. The zero-order valence-electron chi connectivity index (χ0n) is 11.3. The Hall–Kier alpha value is -3.04. The van der Waals surface area contributed by atoms with Gasteiger partial charge in [-0.05, 0) is 17.7 Å². The normalized spacial score (nSPS) is 19.0. The van der Waals surface area contributed by atoms with Crippen molar-refractivity contribution in [3.8, 4) is 17.6 Å². The smallest absolute Gasteiger partial charge is 0.334 e. The van der Waals surface area contributed by atoms with Gasteiger partial charge in [0, 0.05) is 11.6 Å². The van der Waals surface area contributed by atoms with E-state index >= 15 is 0 Å². The molecule has 3 rings (SSSR count). The minimum absolute atomic E-state index is 0.0625. The number of hydrogen-bond acceptors (Lipinski definition) is 5. The Morgan fingerprint density at radius 1 is 1.32 bits per heavy atom. The van der Waals surface area contributed by atoms with Crippen LogP contribution in [0.3, 0.4) is 0 Å². The summed E-state index contributed by atoms with van der Waals surface area (Å²) in [6, 6.07) is 5.26. The Labute approximate surface area is 125 Å². The summed E-state index contributed by atoms with van der Waals surface area (Å²) >= 11 is 0. The van der Waals surface area contributed by atoms with Gasteiger partial charge in [0.1, 0.15) is 6.10 Å². The fourth-order valence-electron chi connectivity index (χ4n) is 2.30. The third-order valence-electron chi connectivity index (χ3n) is 3.38. The monoisotopic (exact) mass is 297 g/mol. The SMILES string of the molecule is N#Cc1cc2c(c(C3=CC=C(C(=O)O)C(O)C=C3)c1)OCO2. The van der Waals surface area contributed by atoms with Gasteiger partial charge in [0.2, 0.25) is 6.79 Å². The number of aliphatic hydroxyl groups is 1. The highest BCUT2D eigenvalue weighted by atomic mass is 16.7. The molecule has 22 heavy (non-hydrogen) atoms. The lowest BCUT2D eigenvalue weighted by atomic mass is 10.0. The largest absolute Gasteiger partial charge is 0.478 e. The molecule has 1 unspecified atom stereocenters. The molecule has 0 saturated carbocycles. The van der Waals surface area contributed by atoms with Gasteiger partial charge in [0.25, 0.3) is 0 Å². The van der Waals surface area contributed by atoms with Crippen molar-refractivity contribution in [1.82, 2.24) is 0 Å². The van der Waals surface area contributed by atoms with Crippen molar-refractivity contribution in [2.24, 2.45) is 0 Å². The number of rotatable bonds is 2. The molecule has 1 atom stereocenters. The Morgan fingerprint density at radius 2 is 2.14 bits per heavy atom. The second-order valence-electron chi connectivity index (χ2n) is 4.72. The third kappa shape index (κ3) is 2.34. The molecule has 0 radical (unpaired) electrons. The van der Waals surface area contributed by atoms with E-state index in [9.17, 15) is 9.90 Å². The van der Waals surface area contributed by atoms with Gasteiger partial charge in [0.15, 0.2) is 11.5 Å². The first-order valence-corrected chi connectivity index (χ1v) is 6.45. The van der Waals surface area contributed by atoms with Crippen LogP contribution in [0.5, 0.6) is 11.5 Å². The quantitative estimate of drug-likeness (QED) is 0.860. The molecule has 110 valence electrons. The standard InChI is InChI=1S/C16H11NO5/c17-7-9-5-12(15-14(6-9)21-8-22-15)10-1-3-11(16(19)20)13(18)4-2-10/h1-6,13,18H,8H2,(H,19,20). The van der Waals surface area contributed by atoms with Crippen LogP contribution >= 0.6 is 0 Å². The number of carboxylic acids is 1. The van der Waals surface area contributed by atoms with Gasteiger partial charge in [-0.1, -0.05) is 18.2 Å². The van der Waals surface area contributed by atoms with Crippen molar-refractivity contribution in [3.05, 3.63) is 53.1 Å². The molecule has 0 saturated heterocycles. The lowest BCUT2D eigenvalue weighted by Gasteiger charge is -2.07. The number of fused-ring (bicyclic) bond motifs is 1. The van der Waals surface area contributed by atoms with Crippen molar-refractivity contribution in [2.45, 2.75) is 6.10 Å². The molecule has 2 N–H and O–H groups in total. The van der Waals surface area contributed by atoms with Crippen molar-refractivity contribution < 1.29 is 24.5 Å². The highest BCUT2D eigenvalue weighted by Gasteiger charge is 2.22. The molecule has 1 aromatic carbocycles. The average molecular weight is 297 g/mol. The fourth-order valence-corrected chi connectivity index (χ4v) is 2.30. The van der Waals surface area contributed by atoms with Crippen molar-refractivity contribution in [3.63, 3.8) is 0 Å². The van der Waals surface area contributed by atoms with E-state index in [2.05, 4.69) is 0 Å². The molecule has 1 aromatic rings. The third-order valence-corrected chi connectivity index (χ3v) is 3.38. The van der Waals surface area contributed by atoms with Gasteiger partial charge < -0.3 is 19.7 Å². The summed E-state index contributed by atoms with van der Waals surface area (Å²) in [5.41, 5.74) is 1.50. The molecule has 0 fully saturated rings. The van der Waals surface area contributed by atoms with Crippen LogP contribution in [0.25, 0.3) is 5.57 Å². The number of nitriles is 1. The minimum atomic E-state index is -1.20. The first-order chi connectivity index (χ1) is 10.6. The first-order valence-electron chi connectivity index (χ1n) is 6.45. The number of ether oxygens (including phenoxy) is 2. The van der Waals surface area contributed by atoms with Crippen LogP contribution in [0, 0.1) is 11.3 Å². The molecule has 2 aliphatic rings. The van der Waals surface area contributed by atoms with Crippen LogP contribution < -0.4 is 9.47 Å². The van der Waals surface area contributed by atoms with E-state index in [0.717, 1.165) is 0 Å². The topological polar surface area (TPSA) is 99.8 Å². The molecule has 1 aliphatic carbocycles. The van der Waals surface area contributed by atoms with E-state index < -0.39 is 12.1 Å². The minimum Gasteiger partial charge on any atom is -0.478 e. The summed E-state index contributed by atoms with van der Waals surface area (Å²) in [5.74, 6) is -0.225. The van der Waals surface area contributed by atoms with Crippen LogP contribution in [0.4, 0.5) is 0 Å². The summed E-state index contributed by atoms with van der Waals surface area (Å²) in [6.45, 7) is 0.0625. The Morgan fingerprint density at radius 3 is 2.86 bits per heavy atom. The van der Waals surface area contributed by atoms with Gasteiger partial charge in [-0.15, -0.1) is 0 Å². The van der Waals surface area contributed by atoms with Crippen LogP contribution in [-0.4, -0.2) is 29.1 Å². The maximum absolute atomic E-state index is 11.1. The lowest BCUT2D eigenvalue weighted by molar-refractivity contribution is -0.133. The number of carbonyl (C=O) groups is 1. The number of aliphatic carboxylic acids is 1. The molecule has 6 nitrogen and oxygen atoms in total. The van der Waals surface area contributed by atoms with E-state index in [1.165, 1.54) is 12.2 Å². The zero-order chi connectivity index (χ0) is 15.7. The maximum atomic E-state index is 11.1. The van der Waals surface area contributed by atoms with Crippen LogP contribution in [-0.2, 0) is 4.79 Å². The number of benzene rings is 1. The first kappa shape index (κ1) is 13.9. The fraction of sp³-hybridized carbons (Fsp3) is 0.125. The van der Waals surface area contributed by atoms with Crippen LogP contribution in [0.1, 0.15) is 11.1 Å². The Kier molecular flexibility index (Phi) is 3.41. The molecular formula is C16H11NO5. The summed E-state index contributed by atoms with van der Waals surface area (Å²) in [5, 5.41) is 27.9. The van der Waals surface area contributed by atoms with Gasteiger partial charge in [-0.3, -0.25) is 0 Å². The van der Waals surface area contributed by atoms with Crippen molar-refractivity contribution in [2.75, 3.05) is 6.79 Å². The van der Waals surface area contributed by atoms with Crippen LogP contribution in [0.15, 0.2) is 42.0 Å². The summed E-state index contributed by atoms with van der Waals surface area (Å²) in [7, 11) is 0. The van der Waals surface area contributed by atoms with Gasteiger partial charge in [-0.25, -0.2) is 4.79 Å². The Balaban J connectivity index is 2.13. The van der Waals surface area contributed by atoms with Gasteiger partial charge >= 0.3 is 5.97 Å². The highest BCUT2D eigenvalue weighted by Crippen LogP contribution is 2.41. The maximum Gasteiger partial charge on any atom is 0.334 e. The van der Waals surface area contributed by atoms with E-state index in [0.29, 0.717) is 28.2 Å². The van der Waals surface area contributed by atoms with E-state index in [4.69, 9.17) is 19.8 Å². The number of hydrogen-bond donors (Lipinski definition) is 2. The summed E-state index contributed by atoms with van der Waals surface area (Å²) < 4.78 is 10.7. The highest BCUT2D eigenvalue weighted by molar-refractivity contribution is 5.91. The summed E-state index contributed by atoms with van der Waals surface area (Å²) in [6.07, 6.45) is 4.67. The van der Waals surface area contributed by atoms with Crippen molar-refractivity contribution >= 4 is 11.5 Å². The predicted molar refractivity (Wildman–Crippen MR) is 76.1 cm³/mol. The molecule has 0 bridgehead atoms. The molecule has 0 aromatic heterocycles. The van der Waals surface area contributed by atoms with E-state index in [1.54, 1.807) is 24.3 Å². The molecule has 0 amide bonds. The molecule has 1 heterocycles. The van der Waals surface area contributed by atoms with E-state index in [1.807, 2.05) is 6.07 Å². The average Bonchev–Trinajstić information content (AvgIpc) is 2.88. The number of carboxylic acid groups (broad SMARTS) is 1. The van der Waals surface area contributed by atoms with Gasteiger partial charge in [0.05, 0.1) is 17.2 Å². The Bertz CT molecular complexity index is 782. The predicted octanol–water partition coefficient (Wildman–Crippen LogP) is 1.61. The molecule has 1 aliphatic heterocycles. The second-order valence-corrected chi connectivity index (χ2v) is 4.72. The zero-order valence-corrected chi connectivity index (χ0v) is 11.3. The number of aliphatic hydroxyl groups excluding tert-OH is 1. The lowest BCUT2D eigenvalue weighted by Crippen LogP contribution is -2.14. The number of nitrogens with zero attached hydrogens (tertiary/aromatic N) is 1. The summed E-state index contributed by atoms with van der Waals surface area (Å²) in [4.78, 5) is 11.1. The second kappa shape index (κ2) is 5.39. The van der Waals surface area contributed by atoms with Crippen LogP contribution in [0.2, 0.25) is 0 Å². The van der Waals surface area contributed by atoms with Crippen molar-refractivity contribution in [1.29, 1.82) is 5.26 Å².